The average molecular weight is 424 g/mol. The molecule has 4 radical (unpaired) electrons. The third-order valence-corrected chi connectivity index (χ3v) is 7.10. The molecule has 0 amide bonds. The van der Waals surface area contributed by atoms with E-state index in [0.29, 0.717) is 0 Å². The molecule has 0 unspecified atom stereocenters. The van der Waals surface area contributed by atoms with E-state index in [9.17, 15) is 0 Å². The highest BCUT2D eigenvalue weighted by molar-refractivity contribution is 6.50. The van der Waals surface area contributed by atoms with Crippen LogP contribution in [0.15, 0.2) is 109 Å². The van der Waals surface area contributed by atoms with Crippen molar-refractivity contribution < 1.29 is 0 Å². The molecular weight excluding hydrogens is 406 g/mol. The first-order valence-corrected chi connectivity index (χ1v) is 11.5. The van der Waals surface area contributed by atoms with Crippen LogP contribution < -0.4 is 10.9 Å². The predicted molar refractivity (Wildman–Crippen MR) is 148 cm³/mol. The minimum atomic E-state index is 0.720. The number of hydrogen-bond acceptors (Lipinski definition) is 0. The Hall–Kier alpha value is -4.03. The molecule has 0 atom stereocenters. The van der Waals surface area contributed by atoms with Gasteiger partial charge in [0.25, 0.3) is 0 Å². The van der Waals surface area contributed by atoms with E-state index in [1.165, 1.54) is 55.3 Å². The fourth-order valence-electron chi connectivity index (χ4n) is 5.75. The molecule has 152 valence electrons. The highest BCUT2D eigenvalue weighted by atomic mass is 14.3. The molecular formula is C32H18B2. The smallest absolute Gasteiger partial charge is 0.0895 e. The molecule has 0 aliphatic heterocycles. The standard InChI is InChI=1S/C32H18B2/c33-25-17-15-23-29-24(16-18-26(34)32(25)29)31-28(20-11-5-2-6-12-20)22-14-8-7-13-21(22)27(30(23)31)19-9-3-1-4-10-19/h1-18H. The summed E-state index contributed by atoms with van der Waals surface area (Å²) in [5, 5.41) is 4.60. The molecule has 1 aliphatic carbocycles. The Bertz CT molecular complexity index is 1620. The summed E-state index contributed by atoms with van der Waals surface area (Å²) in [6.07, 6.45) is 0. The van der Waals surface area contributed by atoms with Crippen molar-refractivity contribution in [2.24, 2.45) is 0 Å². The van der Waals surface area contributed by atoms with Crippen LogP contribution in [0.5, 0.6) is 0 Å². The first-order valence-electron chi connectivity index (χ1n) is 11.5. The quantitative estimate of drug-likeness (QED) is 0.276. The predicted octanol–water partition coefficient (Wildman–Crippen LogP) is 6.56. The van der Waals surface area contributed by atoms with Crippen molar-refractivity contribution >= 4 is 48.2 Å². The van der Waals surface area contributed by atoms with Gasteiger partial charge in [-0.05, 0) is 66.1 Å². The zero-order chi connectivity index (χ0) is 22.8. The molecule has 0 fully saturated rings. The Morgan fingerprint density at radius 1 is 0.353 bits per heavy atom. The third kappa shape index (κ3) is 2.57. The SMILES string of the molecule is [B]c1ccc2c3c(ccc([B])c13)-c1c-2c(-c2ccccc2)c2ccccc2c1-c1ccccc1. The number of benzene rings is 6. The van der Waals surface area contributed by atoms with Gasteiger partial charge in [-0.2, -0.15) is 0 Å². The van der Waals surface area contributed by atoms with E-state index in [1.807, 2.05) is 12.1 Å². The van der Waals surface area contributed by atoms with Crippen molar-refractivity contribution in [2.45, 2.75) is 0 Å². The molecule has 7 rings (SSSR count). The molecule has 0 saturated carbocycles. The Morgan fingerprint density at radius 2 is 0.765 bits per heavy atom. The second-order valence-electron chi connectivity index (χ2n) is 8.93. The van der Waals surface area contributed by atoms with Crippen LogP contribution in [0.25, 0.3) is 66.1 Å². The molecule has 0 aromatic heterocycles. The van der Waals surface area contributed by atoms with Crippen molar-refractivity contribution in [1.82, 2.24) is 0 Å². The minimum Gasteiger partial charge on any atom is -0.0895 e. The largest absolute Gasteiger partial charge is 0.114 e. The Balaban J connectivity index is 1.78. The van der Waals surface area contributed by atoms with Gasteiger partial charge in [-0.3, -0.25) is 0 Å². The summed E-state index contributed by atoms with van der Waals surface area (Å²) in [6.45, 7) is 0. The maximum atomic E-state index is 6.48. The van der Waals surface area contributed by atoms with Crippen LogP contribution in [-0.4, -0.2) is 15.7 Å². The summed E-state index contributed by atoms with van der Waals surface area (Å²) in [5.41, 5.74) is 11.3. The van der Waals surface area contributed by atoms with Crippen molar-refractivity contribution in [3.05, 3.63) is 109 Å². The van der Waals surface area contributed by atoms with Crippen molar-refractivity contribution in [2.75, 3.05) is 0 Å². The molecule has 6 aromatic carbocycles. The second-order valence-corrected chi connectivity index (χ2v) is 8.93. The van der Waals surface area contributed by atoms with E-state index in [-0.39, 0.29) is 0 Å². The molecule has 0 saturated heterocycles. The van der Waals surface area contributed by atoms with Gasteiger partial charge in [-0.25, -0.2) is 0 Å². The lowest BCUT2D eigenvalue weighted by molar-refractivity contribution is 1.62. The van der Waals surface area contributed by atoms with Crippen molar-refractivity contribution in [3.8, 4) is 44.5 Å². The van der Waals surface area contributed by atoms with Crippen molar-refractivity contribution in [3.63, 3.8) is 0 Å². The zero-order valence-corrected chi connectivity index (χ0v) is 18.5. The van der Waals surface area contributed by atoms with Crippen LogP contribution in [-0.2, 0) is 0 Å². The highest BCUT2D eigenvalue weighted by Gasteiger charge is 2.30. The van der Waals surface area contributed by atoms with Gasteiger partial charge in [-0.15, -0.1) is 0 Å². The van der Waals surface area contributed by atoms with Crippen LogP contribution in [0.4, 0.5) is 0 Å². The molecule has 6 aromatic rings. The third-order valence-electron chi connectivity index (χ3n) is 7.10. The van der Waals surface area contributed by atoms with Gasteiger partial charge in [0.15, 0.2) is 0 Å². The molecule has 0 heterocycles. The van der Waals surface area contributed by atoms with Crippen LogP contribution in [0.1, 0.15) is 0 Å². The minimum absolute atomic E-state index is 0.720. The molecule has 1 aliphatic rings. The molecule has 2 heteroatoms. The number of fused-ring (bicyclic) bond motifs is 4. The van der Waals surface area contributed by atoms with Gasteiger partial charge in [0.05, 0.1) is 0 Å². The lowest BCUT2D eigenvalue weighted by Gasteiger charge is -2.20. The average Bonchev–Trinajstić information content (AvgIpc) is 3.21. The normalized spacial score (nSPS) is 11.8. The summed E-state index contributed by atoms with van der Waals surface area (Å²) in [5.74, 6) is 0. The lowest BCUT2D eigenvalue weighted by Crippen LogP contribution is -2.15. The molecule has 0 spiro atoms. The molecule has 0 nitrogen and oxygen atoms in total. The van der Waals surface area contributed by atoms with Gasteiger partial charge in [-0.1, -0.05) is 120 Å². The first-order chi connectivity index (χ1) is 16.7. The van der Waals surface area contributed by atoms with Gasteiger partial charge in [0, 0.05) is 0 Å². The second kappa shape index (κ2) is 7.23. The van der Waals surface area contributed by atoms with E-state index < -0.39 is 0 Å². The van der Waals surface area contributed by atoms with Gasteiger partial charge in [0.2, 0.25) is 0 Å². The first kappa shape index (κ1) is 19.4. The highest BCUT2D eigenvalue weighted by Crippen LogP contribution is 2.57. The van der Waals surface area contributed by atoms with E-state index in [1.54, 1.807) is 0 Å². The van der Waals surface area contributed by atoms with E-state index in [4.69, 9.17) is 15.7 Å². The number of hydrogen-bond donors (Lipinski definition) is 0. The van der Waals surface area contributed by atoms with Gasteiger partial charge < -0.3 is 0 Å². The van der Waals surface area contributed by atoms with Crippen LogP contribution >= 0.6 is 0 Å². The molecule has 0 N–H and O–H groups in total. The summed E-state index contributed by atoms with van der Waals surface area (Å²) >= 11 is 0. The number of rotatable bonds is 2. The van der Waals surface area contributed by atoms with E-state index in [0.717, 1.165) is 21.7 Å². The topological polar surface area (TPSA) is 0 Å². The maximum Gasteiger partial charge on any atom is 0.114 e. The van der Waals surface area contributed by atoms with E-state index in [2.05, 4.69) is 97.1 Å². The zero-order valence-electron chi connectivity index (χ0n) is 18.5. The summed E-state index contributed by atoms with van der Waals surface area (Å²) in [6, 6.07) is 38.5. The summed E-state index contributed by atoms with van der Waals surface area (Å²) < 4.78 is 0. The summed E-state index contributed by atoms with van der Waals surface area (Å²) in [4.78, 5) is 0. The fourth-order valence-corrected chi connectivity index (χ4v) is 5.75. The van der Waals surface area contributed by atoms with Crippen molar-refractivity contribution in [1.29, 1.82) is 0 Å². The monoisotopic (exact) mass is 424 g/mol. The van der Waals surface area contributed by atoms with Crippen LogP contribution in [0.2, 0.25) is 0 Å². The van der Waals surface area contributed by atoms with E-state index >= 15 is 0 Å². The van der Waals surface area contributed by atoms with Gasteiger partial charge >= 0.3 is 0 Å². The maximum absolute atomic E-state index is 6.48. The summed E-state index contributed by atoms with van der Waals surface area (Å²) in [7, 11) is 13.0. The van der Waals surface area contributed by atoms with Gasteiger partial charge in [0.1, 0.15) is 15.7 Å². The fraction of sp³-hybridized carbons (Fsp3) is 0. The Kier molecular flexibility index (Phi) is 4.14. The Morgan fingerprint density at radius 3 is 1.21 bits per heavy atom. The molecule has 34 heavy (non-hydrogen) atoms. The lowest BCUT2D eigenvalue weighted by atomic mass is 9.80. The van der Waals surface area contributed by atoms with Crippen LogP contribution in [0, 0.1) is 0 Å². The van der Waals surface area contributed by atoms with Crippen LogP contribution in [0.3, 0.4) is 0 Å². The molecule has 0 bridgehead atoms. The Labute approximate surface area is 201 Å².